The van der Waals surface area contributed by atoms with E-state index in [-0.39, 0.29) is 23.5 Å². The Hall–Kier alpha value is -2.03. The lowest BCUT2D eigenvalue weighted by atomic mass is 10.1. The van der Waals surface area contributed by atoms with E-state index in [1.54, 1.807) is 37.7 Å². The van der Waals surface area contributed by atoms with Crippen molar-refractivity contribution >= 4 is 27.7 Å². The molecule has 2 aromatic rings. The van der Waals surface area contributed by atoms with E-state index in [2.05, 4.69) is 5.32 Å². The number of carbonyl (C=O) groups is 1. The molecule has 0 heterocycles. The third-order valence-corrected chi connectivity index (χ3v) is 7.34. The predicted molar refractivity (Wildman–Crippen MR) is 117 cm³/mol. The van der Waals surface area contributed by atoms with Gasteiger partial charge in [0, 0.05) is 18.0 Å². The molecule has 1 amide bonds. The Labute approximate surface area is 177 Å². The van der Waals surface area contributed by atoms with Gasteiger partial charge in [0.15, 0.2) is 6.61 Å². The van der Waals surface area contributed by atoms with Crippen molar-refractivity contribution in [2.45, 2.75) is 36.6 Å². The number of nitrogens with one attached hydrogen (secondary N) is 1. The zero-order valence-corrected chi connectivity index (χ0v) is 18.8. The van der Waals surface area contributed by atoms with Crippen LogP contribution in [0.5, 0.6) is 5.75 Å². The molecule has 2 rings (SSSR count). The Kier molecular flexibility index (Phi) is 8.55. The molecule has 0 aliphatic rings. The van der Waals surface area contributed by atoms with Crippen molar-refractivity contribution in [1.82, 2.24) is 9.62 Å². The summed E-state index contributed by atoms with van der Waals surface area (Å²) in [6.07, 6.45) is 2.02. The SMILES string of the molecule is CCN(CC)S(=O)(=O)c1ccc(OCC(=O)N[C@@H](C)c2ccc(SC)cc2)cc1. The zero-order chi connectivity index (χ0) is 21.4. The fourth-order valence-electron chi connectivity index (χ4n) is 2.83. The van der Waals surface area contributed by atoms with Gasteiger partial charge in [0.05, 0.1) is 10.9 Å². The van der Waals surface area contributed by atoms with Crippen molar-refractivity contribution in [3.63, 3.8) is 0 Å². The standard InChI is InChI=1S/C21H28N2O4S2/c1-5-23(6-2)29(25,26)20-13-9-18(10-14-20)27-15-21(24)22-16(3)17-7-11-19(28-4)12-8-17/h7-14,16H,5-6,15H2,1-4H3,(H,22,24)/t16-/m0/s1. The topological polar surface area (TPSA) is 75.7 Å². The van der Waals surface area contributed by atoms with Gasteiger partial charge >= 0.3 is 0 Å². The molecule has 0 unspecified atom stereocenters. The lowest BCUT2D eigenvalue weighted by Crippen LogP contribution is -2.31. The van der Waals surface area contributed by atoms with Crippen molar-refractivity contribution in [3.8, 4) is 5.75 Å². The van der Waals surface area contributed by atoms with E-state index in [0.717, 1.165) is 5.56 Å². The van der Waals surface area contributed by atoms with E-state index in [1.807, 2.05) is 37.4 Å². The maximum Gasteiger partial charge on any atom is 0.258 e. The summed E-state index contributed by atoms with van der Waals surface area (Å²) in [6.45, 7) is 6.20. The van der Waals surface area contributed by atoms with E-state index in [4.69, 9.17) is 4.74 Å². The van der Waals surface area contributed by atoms with Crippen LogP contribution < -0.4 is 10.1 Å². The van der Waals surface area contributed by atoms with Crippen LogP contribution in [0.4, 0.5) is 0 Å². The second-order valence-electron chi connectivity index (χ2n) is 6.41. The van der Waals surface area contributed by atoms with Gasteiger partial charge in [-0.05, 0) is 55.1 Å². The van der Waals surface area contributed by atoms with Crippen LogP contribution in [0.2, 0.25) is 0 Å². The minimum absolute atomic E-state index is 0.136. The summed E-state index contributed by atoms with van der Waals surface area (Å²) in [5.41, 5.74) is 1.02. The molecule has 0 fully saturated rings. The summed E-state index contributed by atoms with van der Waals surface area (Å²) in [5, 5.41) is 2.90. The third-order valence-electron chi connectivity index (χ3n) is 4.53. The Bertz CT molecular complexity index is 893. The third kappa shape index (κ3) is 6.22. The van der Waals surface area contributed by atoms with Crippen LogP contribution >= 0.6 is 11.8 Å². The molecule has 0 saturated carbocycles. The van der Waals surface area contributed by atoms with Gasteiger partial charge in [-0.15, -0.1) is 11.8 Å². The van der Waals surface area contributed by atoms with E-state index >= 15 is 0 Å². The molecule has 0 saturated heterocycles. The first-order valence-corrected chi connectivity index (χ1v) is 12.1. The van der Waals surface area contributed by atoms with Crippen LogP contribution in [0.3, 0.4) is 0 Å². The molecule has 6 nitrogen and oxygen atoms in total. The average Bonchev–Trinajstić information content (AvgIpc) is 2.73. The molecule has 158 valence electrons. The number of benzene rings is 2. The summed E-state index contributed by atoms with van der Waals surface area (Å²) in [7, 11) is -3.50. The molecule has 0 aliphatic heterocycles. The Morgan fingerprint density at radius 1 is 1.07 bits per heavy atom. The fourth-order valence-corrected chi connectivity index (χ4v) is 4.69. The average molecular weight is 437 g/mol. The second-order valence-corrected chi connectivity index (χ2v) is 9.23. The van der Waals surface area contributed by atoms with Gasteiger partial charge < -0.3 is 10.1 Å². The van der Waals surface area contributed by atoms with Gasteiger partial charge in [-0.25, -0.2) is 8.42 Å². The summed E-state index contributed by atoms with van der Waals surface area (Å²) >= 11 is 1.67. The normalized spacial score (nSPS) is 12.6. The van der Waals surface area contributed by atoms with Gasteiger partial charge in [-0.1, -0.05) is 26.0 Å². The van der Waals surface area contributed by atoms with Crippen molar-refractivity contribution in [1.29, 1.82) is 0 Å². The molecule has 29 heavy (non-hydrogen) atoms. The minimum atomic E-state index is -3.50. The number of ether oxygens (including phenoxy) is 1. The molecule has 0 aromatic heterocycles. The van der Waals surface area contributed by atoms with Crippen LogP contribution in [-0.4, -0.2) is 44.6 Å². The Morgan fingerprint density at radius 2 is 1.66 bits per heavy atom. The van der Waals surface area contributed by atoms with Crippen LogP contribution in [0.15, 0.2) is 58.3 Å². The largest absolute Gasteiger partial charge is 0.484 e. The highest BCUT2D eigenvalue weighted by Crippen LogP contribution is 2.20. The number of sulfonamides is 1. The smallest absolute Gasteiger partial charge is 0.258 e. The maximum absolute atomic E-state index is 12.5. The molecular weight excluding hydrogens is 408 g/mol. The van der Waals surface area contributed by atoms with E-state index in [9.17, 15) is 13.2 Å². The zero-order valence-electron chi connectivity index (χ0n) is 17.2. The van der Waals surface area contributed by atoms with Crippen LogP contribution in [0.1, 0.15) is 32.4 Å². The number of thioether (sulfide) groups is 1. The van der Waals surface area contributed by atoms with E-state index < -0.39 is 10.0 Å². The summed E-state index contributed by atoms with van der Waals surface area (Å²) < 4.78 is 31.9. The first kappa shape index (κ1) is 23.3. The Morgan fingerprint density at radius 3 is 2.17 bits per heavy atom. The van der Waals surface area contributed by atoms with Crippen molar-refractivity contribution in [2.24, 2.45) is 0 Å². The van der Waals surface area contributed by atoms with Crippen LogP contribution in [-0.2, 0) is 14.8 Å². The molecule has 0 aliphatic carbocycles. The monoisotopic (exact) mass is 436 g/mol. The lowest BCUT2D eigenvalue weighted by molar-refractivity contribution is -0.123. The summed E-state index contributed by atoms with van der Waals surface area (Å²) in [6, 6.07) is 14.0. The fraction of sp³-hybridized carbons (Fsp3) is 0.381. The molecular formula is C21H28N2O4S2. The van der Waals surface area contributed by atoms with Gasteiger partial charge in [0.1, 0.15) is 5.75 Å². The van der Waals surface area contributed by atoms with Gasteiger partial charge in [0.2, 0.25) is 10.0 Å². The number of amides is 1. The number of carbonyl (C=O) groups excluding carboxylic acids is 1. The van der Waals surface area contributed by atoms with Crippen molar-refractivity contribution in [2.75, 3.05) is 26.0 Å². The Balaban J connectivity index is 1.91. The lowest BCUT2D eigenvalue weighted by Gasteiger charge is -2.18. The number of hydrogen-bond donors (Lipinski definition) is 1. The number of nitrogens with zero attached hydrogens (tertiary/aromatic N) is 1. The number of hydrogen-bond acceptors (Lipinski definition) is 5. The van der Waals surface area contributed by atoms with E-state index in [0.29, 0.717) is 18.8 Å². The summed E-state index contributed by atoms with van der Waals surface area (Å²) in [5.74, 6) is 0.196. The van der Waals surface area contributed by atoms with Crippen molar-refractivity contribution < 1.29 is 17.9 Å². The molecule has 2 aromatic carbocycles. The molecule has 0 bridgehead atoms. The quantitative estimate of drug-likeness (QED) is 0.575. The van der Waals surface area contributed by atoms with Gasteiger partial charge in [-0.2, -0.15) is 4.31 Å². The number of rotatable bonds is 10. The highest BCUT2D eigenvalue weighted by molar-refractivity contribution is 7.98. The molecule has 0 spiro atoms. The van der Waals surface area contributed by atoms with Crippen molar-refractivity contribution in [3.05, 3.63) is 54.1 Å². The first-order chi connectivity index (χ1) is 13.8. The molecule has 0 radical (unpaired) electrons. The predicted octanol–water partition coefficient (Wildman–Crippen LogP) is 3.70. The molecule has 8 heteroatoms. The molecule has 1 atom stereocenters. The maximum atomic E-state index is 12.5. The van der Waals surface area contributed by atoms with Gasteiger partial charge in [0.25, 0.3) is 5.91 Å². The highest BCUT2D eigenvalue weighted by atomic mass is 32.2. The first-order valence-electron chi connectivity index (χ1n) is 9.48. The van der Waals surface area contributed by atoms with E-state index in [1.165, 1.54) is 21.3 Å². The van der Waals surface area contributed by atoms with Crippen LogP contribution in [0, 0.1) is 0 Å². The summed E-state index contributed by atoms with van der Waals surface area (Å²) in [4.78, 5) is 13.6. The van der Waals surface area contributed by atoms with Crippen LogP contribution in [0.25, 0.3) is 0 Å². The second kappa shape index (κ2) is 10.7. The van der Waals surface area contributed by atoms with Gasteiger partial charge in [-0.3, -0.25) is 4.79 Å². The highest BCUT2D eigenvalue weighted by Gasteiger charge is 2.21. The molecule has 1 N–H and O–H groups in total. The minimum Gasteiger partial charge on any atom is -0.484 e.